The Morgan fingerprint density at radius 2 is 2.16 bits per heavy atom. The molecular weight excluding hydrogens is 320 g/mol. The highest BCUT2D eigenvalue weighted by molar-refractivity contribution is 7.98. The van der Waals surface area contributed by atoms with Crippen molar-refractivity contribution in [3.63, 3.8) is 0 Å². The zero-order valence-corrected chi connectivity index (χ0v) is 13.4. The van der Waals surface area contributed by atoms with Crippen molar-refractivity contribution in [1.82, 2.24) is 19.6 Å². The maximum absolute atomic E-state index is 6.01. The summed E-state index contributed by atoms with van der Waals surface area (Å²) in [4.78, 5) is 11.0. The first kappa shape index (κ1) is 13.2. The average molecular weight is 329 g/mol. The van der Waals surface area contributed by atoms with Gasteiger partial charge in [-0.1, -0.05) is 27.9 Å². The van der Waals surface area contributed by atoms with Gasteiger partial charge in [-0.3, -0.25) is 0 Å². The lowest BCUT2D eigenvalue weighted by Gasteiger charge is -2.01. The van der Waals surface area contributed by atoms with Gasteiger partial charge in [0.05, 0.1) is 0 Å². The lowest BCUT2D eigenvalue weighted by atomic mass is 10.2. The van der Waals surface area contributed by atoms with E-state index in [1.165, 1.54) is 22.0 Å². The lowest BCUT2D eigenvalue weighted by Crippen LogP contribution is -1.88. The molecule has 98 valence electrons. The van der Waals surface area contributed by atoms with E-state index in [1.54, 1.807) is 29.4 Å². The van der Waals surface area contributed by atoms with Crippen molar-refractivity contribution < 1.29 is 0 Å². The first-order chi connectivity index (χ1) is 9.16. The van der Waals surface area contributed by atoms with Crippen molar-refractivity contribution in [2.24, 2.45) is 0 Å². The van der Waals surface area contributed by atoms with Crippen molar-refractivity contribution in [2.45, 2.75) is 24.6 Å². The van der Waals surface area contributed by atoms with Crippen molar-refractivity contribution in [1.29, 1.82) is 0 Å². The molecule has 19 heavy (non-hydrogen) atoms. The maximum atomic E-state index is 6.01. The fourth-order valence-electron chi connectivity index (χ4n) is 1.68. The molecule has 3 aromatic heterocycles. The van der Waals surface area contributed by atoms with Crippen LogP contribution >= 0.6 is 46.2 Å². The van der Waals surface area contributed by atoms with Gasteiger partial charge in [0.1, 0.15) is 26.2 Å². The second-order valence-corrected chi connectivity index (χ2v) is 7.45. The summed E-state index contributed by atoms with van der Waals surface area (Å²) in [5.41, 5.74) is 2.07. The van der Waals surface area contributed by atoms with E-state index >= 15 is 0 Å². The highest BCUT2D eigenvalue weighted by Crippen LogP contribution is 2.36. The Balaban J connectivity index is 1.95. The Kier molecular flexibility index (Phi) is 3.70. The maximum Gasteiger partial charge on any atom is 0.138 e. The first-order valence-corrected chi connectivity index (χ1v) is 8.42. The molecule has 0 aliphatic heterocycles. The Morgan fingerprint density at radius 1 is 1.32 bits per heavy atom. The summed E-state index contributed by atoms with van der Waals surface area (Å²) in [5, 5.41) is 6.14. The zero-order valence-electron chi connectivity index (χ0n) is 10.2. The van der Waals surface area contributed by atoms with Crippen LogP contribution < -0.4 is 0 Å². The van der Waals surface area contributed by atoms with Gasteiger partial charge in [0, 0.05) is 27.5 Å². The average Bonchev–Trinajstić information content (AvgIpc) is 2.92. The van der Waals surface area contributed by atoms with Gasteiger partial charge in [-0.2, -0.15) is 0 Å². The largest absolute Gasteiger partial charge is 0.229 e. The predicted octanol–water partition coefficient (Wildman–Crippen LogP) is 4.11. The van der Waals surface area contributed by atoms with Crippen LogP contribution in [0.15, 0.2) is 11.4 Å². The van der Waals surface area contributed by atoms with Gasteiger partial charge >= 0.3 is 0 Å². The number of halogens is 1. The predicted molar refractivity (Wildman–Crippen MR) is 81.4 cm³/mol. The molecule has 3 heterocycles. The van der Waals surface area contributed by atoms with Gasteiger partial charge < -0.3 is 0 Å². The summed E-state index contributed by atoms with van der Waals surface area (Å²) >= 11 is 10.5. The number of nitrogens with zero attached hydrogens (tertiary/aromatic N) is 4. The molecular formula is C11H9ClN4S3. The third-order valence-electron chi connectivity index (χ3n) is 2.79. The summed E-state index contributed by atoms with van der Waals surface area (Å²) in [7, 11) is 0. The quantitative estimate of drug-likeness (QED) is 0.535. The van der Waals surface area contributed by atoms with Crippen molar-refractivity contribution in [3.05, 3.63) is 26.8 Å². The molecule has 0 aromatic carbocycles. The van der Waals surface area contributed by atoms with Gasteiger partial charge in [-0.05, 0) is 19.4 Å². The van der Waals surface area contributed by atoms with E-state index in [-0.39, 0.29) is 0 Å². The Hall–Kier alpha value is -0.760. The third-order valence-corrected chi connectivity index (χ3v) is 5.89. The van der Waals surface area contributed by atoms with Gasteiger partial charge in [-0.15, -0.1) is 16.4 Å². The Bertz CT molecular complexity index is 737. The van der Waals surface area contributed by atoms with E-state index < -0.39 is 0 Å². The molecule has 0 N–H and O–H groups in total. The molecule has 0 atom stereocenters. The van der Waals surface area contributed by atoms with E-state index in [9.17, 15) is 0 Å². The van der Waals surface area contributed by atoms with E-state index in [4.69, 9.17) is 11.6 Å². The number of aromatic nitrogens is 4. The van der Waals surface area contributed by atoms with E-state index in [0.717, 1.165) is 20.9 Å². The highest BCUT2D eigenvalue weighted by atomic mass is 35.5. The van der Waals surface area contributed by atoms with Crippen molar-refractivity contribution >= 4 is 56.4 Å². The molecule has 0 saturated heterocycles. The van der Waals surface area contributed by atoms with Crippen LogP contribution in [0.4, 0.5) is 0 Å². The fraction of sp³-hybridized carbons (Fsp3) is 0.273. The number of aryl methyl sites for hydroxylation is 2. The van der Waals surface area contributed by atoms with Crippen LogP contribution in [0.2, 0.25) is 4.34 Å². The van der Waals surface area contributed by atoms with Crippen molar-refractivity contribution in [2.75, 3.05) is 0 Å². The molecule has 0 radical (unpaired) electrons. The van der Waals surface area contributed by atoms with Crippen molar-refractivity contribution in [3.8, 4) is 0 Å². The standard InChI is InChI=1S/C11H9ClN4S3/c1-5-6(2)18-11-8(5)10(13-4-14-11)17-3-7-9(12)19-16-15-7/h4H,3H2,1-2H3. The van der Waals surface area contributed by atoms with Crippen LogP contribution in [0, 0.1) is 13.8 Å². The molecule has 3 aromatic rings. The van der Waals surface area contributed by atoms with E-state index in [2.05, 4.69) is 33.4 Å². The Labute approximate surface area is 127 Å². The molecule has 0 saturated carbocycles. The second-order valence-electron chi connectivity index (χ2n) is 3.92. The van der Waals surface area contributed by atoms with Gasteiger partial charge in [-0.25, -0.2) is 9.97 Å². The fourth-order valence-corrected chi connectivity index (χ4v) is 4.53. The number of thiophene rings is 1. The number of thioether (sulfide) groups is 1. The minimum atomic E-state index is 0.649. The summed E-state index contributed by atoms with van der Waals surface area (Å²) in [6, 6.07) is 0. The summed E-state index contributed by atoms with van der Waals surface area (Å²) in [5.74, 6) is 0.676. The molecule has 0 unspecified atom stereocenters. The molecule has 4 nitrogen and oxygen atoms in total. The number of rotatable bonds is 3. The monoisotopic (exact) mass is 328 g/mol. The second kappa shape index (κ2) is 5.32. The minimum absolute atomic E-state index is 0.649. The van der Waals surface area contributed by atoms with Crippen LogP contribution in [0.25, 0.3) is 10.2 Å². The normalized spacial score (nSPS) is 11.3. The van der Waals surface area contributed by atoms with Gasteiger partial charge in [0.15, 0.2) is 0 Å². The molecule has 0 bridgehead atoms. The molecule has 0 aliphatic carbocycles. The summed E-state index contributed by atoms with van der Waals surface area (Å²) in [6.45, 7) is 4.22. The number of hydrogen-bond donors (Lipinski definition) is 0. The minimum Gasteiger partial charge on any atom is -0.229 e. The SMILES string of the molecule is Cc1sc2ncnc(SCc3nnsc3Cl)c2c1C. The smallest absolute Gasteiger partial charge is 0.138 e. The van der Waals surface area contributed by atoms with Gasteiger partial charge in [0.2, 0.25) is 0 Å². The van der Waals surface area contributed by atoms with Crippen LogP contribution in [0.3, 0.4) is 0 Å². The van der Waals surface area contributed by atoms with Crippen LogP contribution in [0.5, 0.6) is 0 Å². The highest BCUT2D eigenvalue weighted by Gasteiger charge is 2.13. The van der Waals surface area contributed by atoms with Gasteiger partial charge in [0.25, 0.3) is 0 Å². The van der Waals surface area contributed by atoms with E-state index in [0.29, 0.717) is 10.1 Å². The molecule has 0 amide bonds. The topological polar surface area (TPSA) is 51.6 Å². The third kappa shape index (κ3) is 2.47. The molecule has 3 rings (SSSR count). The number of fused-ring (bicyclic) bond motifs is 1. The molecule has 0 aliphatic rings. The van der Waals surface area contributed by atoms with Crippen LogP contribution in [-0.4, -0.2) is 19.6 Å². The summed E-state index contributed by atoms with van der Waals surface area (Å²) in [6.07, 6.45) is 1.61. The van der Waals surface area contributed by atoms with Crippen LogP contribution in [-0.2, 0) is 5.75 Å². The molecule has 0 spiro atoms. The van der Waals surface area contributed by atoms with Crippen LogP contribution in [0.1, 0.15) is 16.1 Å². The number of hydrogen-bond acceptors (Lipinski definition) is 7. The molecule has 8 heteroatoms. The van der Waals surface area contributed by atoms with E-state index in [1.807, 2.05) is 0 Å². The first-order valence-electron chi connectivity index (χ1n) is 5.47. The zero-order chi connectivity index (χ0) is 13.4. The Morgan fingerprint density at radius 3 is 2.89 bits per heavy atom. The summed E-state index contributed by atoms with van der Waals surface area (Å²) < 4.78 is 4.48. The lowest BCUT2D eigenvalue weighted by molar-refractivity contribution is 1.06. The molecule has 0 fully saturated rings.